The van der Waals surface area contributed by atoms with Gasteiger partial charge in [0.25, 0.3) is 0 Å². The first-order chi connectivity index (χ1) is 4.86. The molecular weight excluding hydrogens is 148 g/mol. The normalized spacial score (nSPS) is 17.3. The monoisotopic (exact) mass is 153 g/mol. The highest BCUT2D eigenvalue weighted by atomic mass is 35.5. The number of hydrogen-bond donors (Lipinski definition) is 0. The first kappa shape index (κ1) is 6.10. The van der Waals surface area contributed by atoms with Crippen LogP contribution in [0.1, 0.15) is 18.0 Å². The van der Waals surface area contributed by atoms with Gasteiger partial charge in [-0.25, -0.2) is 9.97 Å². The van der Waals surface area contributed by atoms with E-state index in [1.165, 1.54) is 0 Å². The summed E-state index contributed by atoms with van der Waals surface area (Å²) in [5.41, 5.74) is 1.04. The number of nitrogens with zero attached hydrogens (tertiary/aromatic N) is 2. The van der Waals surface area contributed by atoms with Gasteiger partial charge in [-0.2, -0.15) is 0 Å². The van der Waals surface area contributed by atoms with Gasteiger partial charge in [0.1, 0.15) is 0 Å². The van der Waals surface area contributed by atoms with Crippen LogP contribution < -0.4 is 0 Å². The second-order valence-corrected chi connectivity index (χ2v) is 2.67. The maximum absolute atomic E-state index is 5.58. The lowest BCUT2D eigenvalue weighted by molar-refractivity contribution is 1.00. The van der Waals surface area contributed by atoms with E-state index in [4.69, 9.17) is 11.6 Å². The molecule has 1 unspecified atom stereocenters. The standard InChI is InChI=1S/C7H6ClN2/c8-7-9-4-3-6(10-7)5-1-2-5/h1,3-5H,2H2. The van der Waals surface area contributed by atoms with Crippen LogP contribution in [0.5, 0.6) is 0 Å². The summed E-state index contributed by atoms with van der Waals surface area (Å²) < 4.78 is 0. The van der Waals surface area contributed by atoms with Crippen molar-refractivity contribution in [2.45, 2.75) is 12.3 Å². The van der Waals surface area contributed by atoms with Crippen molar-refractivity contribution in [3.63, 3.8) is 0 Å². The molecule has 0 saturated heterocycles. The van der Waals surface area contributed by atoms with Gasteiger partial charge < -0.3 is 0 Å². The van der Waals surface area contributed by atoms with Crippen LogP contribution in [0, 0.1) is 6.42 Å². The van der Waals surface area contributed by atoms with Gasteiger partial charge in [-0.3, -0.25) is 0 Å². The maximum atomic E-state index is 5.58. The molecule has 1 aromatic rings. The Labute approximate surface area is 64.3 Å². The lowest BCUT2D eigenvalue weighted by Crippen LogP contribution is -1.87. The molecular formula is C7H6ClN2. The van der Waals surface area contributed by atoms with Crippen LogP contribution in [0.15, 0.2) is 12.3 Å². The van der Waals surface area contributed by atoms with Crippen LogP contribution in [-0.4, -0.2) is 9.97 Å². The van der Waals surface area contributed by atoms with E-state index in [2.05, 4.69) is 16.4 Å². The molecule has 1 heterocycles. The van der Waals surface area contributed by atoms with Crippen molar-refractivity contribution in [3.8, 4) is 0 Å². The van der Waals surface area contributed by atoms with Crippen LogP contribution >= 0.6 is 11.6 Å². The molecule has 2 rings (SSSR count). The lowest BCUT2D eigenvalue weighted by Gasteiger charge is -1.93. The molecule has 0 aliphatic heterocycles. The third kappa shape index (κ3) is 1.12. The summed E-state index contributed by atoms with van der Waals surface area (Å²) in [6.45, 7) is 0. The molecule has 1 aromatic heterocycles. The van der Waals surface area contributed by atoms with Crippen LogP contribution in [0.4, 0.5) is 0 Å². The van der Waals surface area contributed by atoms with E-state index in [0.29, 0.717) is 11.2 Å². The quantitative estimate of drug-likeness (QED) is 0.576. The summed E-state index contributed by atoms with van der Waals surface area (Å²) in [5.74, 6) is 0.542. The Balaban J connectivity index is 2.32. The second kappa shape index (κ2) is 2.20. The number of aromatic nitrogens is 2. The number of rotatable bonds is 1. The second-order valence-electron chi connectivity index (χ2n) is 2.33. The Bertz CT molecular complexity index is 245. The predicted octanol–water partition coefficient (Wildman–Crippen LogP) is 1.82. The van der Waals surface area contributed by atoms with E-state index < -0.39 is 0 Å². The average molecular weight is 154 g/mol. The average Bonchev–Trinajstić information content (AvgIpc) is 2.68. The minimum absolute atomic E-state index is 0.345. The van der Waals surface area contributed by atoms with Crippen LogP contribution in [-0.2, 0) is 0 Å². The Morgan fingerprint density at radius 1 is 1.60 bits per heavy atom. The molecule has 0 aromatic carbocycles. The Kier molecular flexibility index (Phi) is 1.34. The minimum atomic E-state index is 0.345. The van der Waals surface area contributed by atoms with Gasteiger partial charge in [0.15, 0.2) is 0 Å². The highest BCUT2D eigenvalue weighted by Gasteiger charge is 2.25. The fourth-order valence-corrected chi connectivity index (χ4v) is 1.02. The fourth-order valence-electron chi connectivity index (χ4n) is 0.864. The molecule has 51 valence electrons. The van der Waals surface area contributed by atoms with Crippen molar-refractivity contribution in [1.29, 1.82) is 0 Å². The summed E-state index contributed by atoms with van der Waals surface area (Å²) >= 11 is 5.58. The van der Waals surface area contributed by atoms with E-state index in [9.17, 15) is 0 Å². The zero-order valence-electron chi connectivity index (χ0n) is 5.29. The Hall–Kier alpha value is -0.630. The van der Waals surface area contributed by atoms with Crippen molar-refractivity contribution < 1.29 is 0 Å². The molecule has 3 heteroatoms. The molecule has 1 radical (unpaired) electrons. The van der Waals surface area contributed by atoms with Gasteiger partial charge in [0, 0.05) is 17.8 Å². The third-order valence-electron chi connectivity index (χ3n) is 1.50. The van der Waals surface area contributed by atoms with Crippen molar-refractivity contribution >= 4 is 11.6 Å². The predicted molar refractivity (Wildman–Crippen MR) is 38.7 cm³/mol. The van der Waals surface area contributed by atoms with E-state index in [-0.39, 0.29) is 0 Å². The molecule has 2 nitrogen and oxygen atoms in total. The molecule has 0 spiro atoms. The van der Waals surface area contributed by atoms with E-state index in [1.807, 2.05) is 6.07 Å². The van der Waals surface area contributed by atoms with Crippen LogP contribution in [0.2, 0.25) is 5.28 Å². The summed E-state index contributed by atoms with van der Waals surface area (Å²) in [4.78, 5) is 7.85. The molecule has 1 aliphatic carbocycles. The van der Waals surface area contributed by atoms with E-state index >= 15 is 0 Å². The fraction of sp³-hybridized carbons (Fsp3) is 0.286. The van der Waals surface area contributed by atoms with Gasteiger partial charge in [-0.15, -0.1) is 0 Å². The number of halogens is 1. The van der Waals surface area contributed by atoms with Gasteiger partial charge in [0.2, 0.25) is 5.28 Å². The Morgan fingerprint density at radius 3 is 3.00 bits per heavy atom. The molecule has 0 bridgehead atoms. The third-order valence-corrected chi connectivity index (χ3v) is 1.68. The van der Waals surface area contributed by atoms with E-state index in [1.54, 1.807) is 6.20 Å². The zero-order chi connectivity index (χ0) is 6.97. The first-order valence-corrected chi connectivity index (χ1v) is 3.56. The molecule has 0 N–H and O–H groups in total. The summed E-state index contributed by atoms with van der Waals surface area (Å²) in [6.07, 6.45) is 5.02. The van der Waals surface area contributed by atoms with E-state index in [0.717, 1.165) is 12.1 Å². The molecule has 1 saturated carbocycles. The molecule has 1 aliphatic rings. The SMILES string of the molecule is Clc1nccc(C2[CH]C2)n1. The summed E-state index contributed by atoms with van der Waals surface area (Å²) in [7, 11) is 0. The summed E-state index contributed by atoms with van der Waals surface area (Å²) in [5, 5.41) is 0.345. The van der Waals surface area contributed by atoms with Crippen molar-refractivity contribution in [3.05, 3.63) is 29.7 Å². The minimum Gasteiger partial charge on any atom is -0.227 e. The van der Waals surface area contributed by atoms with Gasteiger partial charge in [-0.1, -0.05) is 0 Å². The van der Waals surface area contributed by atoms with Gasteiger partial charge in [-0.05, 0) is 30.5 Å². The lowest BCUT2D eigenvalue weighted by atomic mass is 10.3. The summed E-state index contributed by atoms with van der Waals surface area (Å²) in [6, 6.07) is 1.90. The molecule has 1 fully saturated rings. The highest BCUT2D eigenvalue weighted by Crippen LogP contribution is 2.37. The molecule has 1 atom stereocenters. The van der Waals surface area contributed by atoms with Crippen LogP contribution in [0.3, 0.4) is 0 Å². The van der Waals surface area contributed by atoms with Gasteiger partial charge in [0.05, 0.1) is 0 Å². The van der Waals surface area contributed by atoms with Crippen molar-refractivity contribution in [2.75, 3.05) is 0 Å². The van der Waals surface area contributed by atoms with Crippen LogP contribution in [0.25, 0.3) is 0 Å². The molecule has 10 heavy (non-hydrogen) atoms. The smallest absolute Gasteiger partial charge is 0.222 e. The van der Waals surface area contributed by atoms with Crippen molar-refractivity contribution in [2.24, 2.45) is 0 Å². The molecule has 0 amide bonds. The zero-order valence-corrected chi connectivity index (χ0v) is 6.04. The highest BCUT2D eigenvalue weighted by molar-refractivity contribution is 6.28. The van der Waals surface area contributed by atoms with Crippen molar-refractivity contribution in [1.82, 2.24) is 9.97 Å². The number of hydrogen-bond acceptors (Lipinski definition) is 2. The first-order valence-electron chi connectivity index (χ1n) is 3.18. The topological polar surface area (TPSA) is 25.8 Å². The Morgan fingerprint density at radius 2 is 2.40 bits per heavy atom. The largest absolute Gasteiger partial charge is 0.227 e. The van der Waals surface area contributed by atoms with Gasteiger partial charge >= 0.3 is 0 Å². The maximum Gasteiger partial charge on any atom is 0.222 e.